The third-order valence-electron chi connectivity index (χ3n) is 4.65. The summed E-state index contributed by atoms with van der Waals surface area (Å²) in [5.41, 5.74) is 5.02. The first-order chi connectivity index (χ1) is 14.5. The zero-order valence-electron chi connectivity index (χ0n) is 16.5. The Bertz CT molecular complexity index is 1220. The van der Waals surface area contributed by atoms with E-state index in [0.29, 0.717) is 21.0 Å². The summed E-state index contributed by atoms with van der Waals surface area (Å²) in [5, 5.41) is 19.8. The Morgan fingerprint density at radius 1 is 1.03 bits per heavy atom. The molecule has 0 unspecified atom stereocenters. The van der Waals surface area contributed by atoms with Gasteiger partial charge >= 0.3 is 0 Å². The zero-order valence-corrected chi connectivity index (χ0v) is 17.3. The molecule has 150 valence electrons. The average Bonchev–Trinajstić information content (AvgIpc) is 3.16. The molecule has 0 N–H and O–H groups in total. The first-order valence-corrected chi connectivity index (χ1v) is 10.1. The van der Waals surface area contributed by atoms with Crippen molar-refractivity contribution in [1.82, 2.24) is 4.98 Å². The van der Waals surface area contributed by atoms with Crippen molar-refractivity contribution in [1.29, 1.82) is 0 Å². The lowest BCUT2D eigenvalue weighted by Gasteiger charge is -2.19. The lowest BCUT2D eigenvalue weighted by Crippen LogP contribution is -2.15. The number of fused-ring (bicyclic) bond motifs is 1. The monoisotopic (exact) mass is 417 g/mol. The van der Waals surface area contributed by atoms with Gasteiger partial charge < -0.3 is 4.90 Å². The molecule has 8 heteroatoms. The van der Waals surface area contributed by atoms with Gasteiger partial charge in [0.2, 0.25) is 5.13 Å². The predicted octanol–water partition coefficient (Wildman–Crippen LogP) is 6.56. The van der Waals surface area contributed by atoms with E-state index in [1.807, 2.05) is 24.3 Å². The molecule has 0 bridgehead atoms. The van der Waals surface area contributed by atoms with E-state index in [2.05, 4.69) is 58.3 Å². The number of benzene rings is 3. The van der Waals surface area contributed by atoms with Crippen molar-refractivity contribution in [2.24, 2.45) is 10.2 Å². The SMILES string of the molecule is Cc1ccc(CN(C)c2ccc(N=Nc3nc4ccc([N+](=O)[O-])cc4s3)cc2)cc1. The number of aryl methyl sites for hydroxylation is 1. The van der Waals surface area contributed by atoms with Crippen LogP contribution in [-0.4, -0.2) is 17.0 Å². The van der Waals surface area contributed by atoms with E-state index in [1.54, 1.807) is 6.07 Å². The first-order valence-electron chi connectivity index (χ1n) is 9.31. The van der Waals surface area contributed by atoms with Crippen LogP contribution in [0.2, 0.25) is 0 Å². The summed E-state index contributed by atoms with van der Waals surface area (Å²) < 4.78 is 0.714. The van der Waals surface area contributed by atoms with Gasteiger partial charge in [-0.1, -0.05) is 41.2 Å². The molecule has 0 amide bonds. The molecule has 0 saturated heterocycles. The van der Waals surface area contributed by atoms with Crippen molar-refractivity contribution in [3.05, 3.63) is 88.0 Å². The fraction of sp³-hybridized carbons (Fsp3) is 0.136. The highest BCUT2D eigenvalue weighted by Crippen LogP contribution is 2.32. The Kier molecular flexibility index (Phi) is 5.49. The molecule has 0 fully saturated rings. The largest absolute Gasteiger partial charge is 0.370 e. The number of azo groups is 1. The van der Waals surface area contributed by atoms with Crippen molar-refractivity contribution in [2.45, 2.75) is 13.5 Å². The van der Waals surface area contributed by atoms with Crippen LogP contribution < -0.4 is 4.90 Å². The van der Waals surface area contributed by atoms with Gasteiger partial charge in [-0.15, -0.1) is 10.2 Å². The van der Waals surface area contributed by atoms with Crippen LogP contribution >= 0.6 is 11.3 Å². The molecule has 0 aliphatic heterocycles. The van der Waals surface area contributed by atoms with Crippen LogP contribution in [0, 0.1) is 17.0 Å². The van der Waals surface area contributed by atoms with Crippen LogP contribution in [-0.2, 0) is 6.54 Å². The van der Waals surface area contributed by atoms with Gasteiger partial charge in [-0.2, -0.15) is 0 Å². The lowest BCUT2D eigenvalue weighted by molar-refractivity contribution is -0.384. The number of nitro groups is 1. The van der Waals surface area contributed by atoms with E-state index in [9.17, 15) is 10.1 Å². The Morgan fingerprint density at radius 2 is 1.77 bits per heavy atom. The number of anilines is 1. The number of rotatable bonds is 6. The predicted molar refractivity (Wildman–Crippen MR) is 120 cm³/mol. The third-order valence-corrected chi connectivity index (χ3v) is 5.56. The van der Waals surface area contributed by atoms with Gasteiger partial charge in [0.1, 0.15) is 0 Å². The number of hydrogen-bond acceptors (Lipinski definition) is 7. The summed E-state index contributed by atoms with van der Waals surface area (Å²) >= 11 is 1.27. The maximum atomic E-state index is 10.9. The molecule has 30 heavy (non-hydrogen) atoms. The molecule has 0 radical (unpaired) electrons. The van der Waals surface area contributed by atoms with Gasteiger partial charge in [0.15, 0.2) is 0 Å². The molecule has 7 nitrogen and oxygen atoms in total. The van der Waals surface area contributed by atoms with Gasteiger partial charge in [0.05, 0.1) is 20.8 Å². The minimum Gasteiger partial charge on any atom is -0.370 e. The molecule has 1 heterocycles. The van der Waals surface area contributed by atoms with Crippen molar-refractivity contribution < 1.29 is 4.92 Å². The molecule has 0 aliphatic rings. The lowest BCUT2D eigenvalue weighted by atomic mass is 10.1. The Labute approximate surface area is 177 Å². The van der Waals surface area contributed by atoms with E-state index in [4.69, 9.17) is 0 Å². The zero-order chi connectivity index (χ0) is 21.1. The number of nitro benzene ring substituents is 1. The highest BCUT2D eigenvalue weighted by atomic mass is 32.1. The average molecular weight is 417 g/mol. The van der Waals surface area contributed by atoms with E-state index < -0.39 is 4.92 Å². The molecule has 3 aromatic carbocycles. The maximum absolute atomic E-state index is 10.9. The topological polar surface area (TPSA) is 84.0 Å². The van der Waals surface area contributed by atoms with E-state index in [1.165, 1.54) is 34.6 Å². The normalized spacial score (nSPS) is 11.3. The summed E-state index contributed by atoms with van der Waals surface area (Å²) in [7, 11) is 2.05. The fourth-order valence-corrected chi connectivity index (χ4v) is 3.81. The third kappa shape index (κ3) is 4.49. The Morgan fingerprint density at radius 3 is 2.47 bits per heavy atom. The highest BCUT2D eigenvalue weighted by Gasteiger charge is 2.10. The second-order valence-electron chi connectivity index (χ2n) is 6.96. The summed E-state index contributed by atoms with van der Waals surface area (Å²) in [4.78, 5) is 17.0. The van der Waals surface area contributed by atoms with Crippen molar-refractivity contribution in [2.75, 3.05) is 11.9 Å². The smallest absolute Gasteiger partial charge is 0.270 e. The summed E-state index contributed by atoms with van der Waals surface area (Å²) in [6, 6.07) is 20.9. The summed E-state index contributed by atoms with van der Waals surface area (Å²) in [6.07, 6.45) is 0. The van der Waals surface area contributed by atoms with Gasteiger partial charge in [-0.05, 0) is 42.8 Å². The minimum atomic E-state index is -0.419. The van der Waals surface area contributed by atoms with Crippen LogP contribution in [0.5, 0.6) is 0 Å². The second-order valence-corrected chi connectivity index (χ2v) is 7.97. The molecule has 4 rings (SSSR count). The molecule has 0 spiro atoms. The van der Waals surface area contributed by atoms with Gasteiger partial charge in [-0.25, -0.2) is 4.98 Å². The van der Waals surface area contributed by atoms with E-state index in [-0.39, 0.29) is 5.69 Å². The van der Waals surface area contributed by atoms with Crippen LogP contribution in [0.3, 0.4) is 0 Å². The molecule has 1 aromatic heterocycles. The van der Waals surface area contributed by atoms with Crippen molar-refractivity contribution in [3.8, 4) is 0 Å². The summed E-state index contributed by atoms with van der Waals surface area (Å²) in [5.74, 6) is 0. The molecule has 0 aliphatic carbocycles. The molecular formula is C22H19N5O2S. The van der Waals surface area contributed by atoms with Crippen LogP contribution in [0.1, 0.15) is 11.1 Å². The molecular weight excluding hydrogens is 398 g/mol. The Balaban J connectivity index is 1.45. The molecule has 0 saturated carbocycles. The number of aromatic nitrogens is 1. The first kappa shape index (κ1) is 19.7. The quantitative estimate of drug-likeness (QED) is 0.202. The van der Waals surface area contributed by atoms with Crippen LogP contribution in [0.15, 0.2) is 77.0 Å². The standard InChI is InChI=1S/C22H19N5O2S/c1-15-3-5-16(6-4-15)14-26(2)18-9-7-17(8-10-18)24-25-22-23-20-12-11-19(27(28)29)13-21(20)30-22/h3-13H,14H2,1-2H3. The molecule has 0 atom stereocenters. The minimum absolute atomic E-state index is 0.0417. The Hall–Kier alpha value is -3.65. The van der Waals surface area contributed by atoms with Crippen molar-refractivity contribution >= 4 is 43.7 Å². The second kappa shape index (κ2) is 8.38. The van der Waals surface area contributed by atoms with Crippen LogP contribution in [0.4, 0.5) is 22.2 Å². The number of thiazole rings is 1. The highest BCUT2D eigenvalue weighted by molar-refractivity contribution is 7.21. The number of nitrogens with zero attached hydrogens (tertiary/aromatic N) is 5. The van der Waals surface area contributed by atoms with Gasteiger partial charge in [0, 0.05) is 31.4 Å². The number of hydrogen-bond donors (Lipinski definition) is 0. The maximum Gasteiger partial charge on any atom is 0.270 e. The van der Waals surface area contributed by atoms with Crippen molar-refractivity contribution in [3.63, 3.8) is 0 Å². The van der Waals surface area contributed by atoms with Gasteiger partial charge in [-0.3, -0.25) is 10.1 Å². The molecule has 4 aromatic rings. The fourth-order valence-electron chi connectivity index (χ4n) is 2.99. The van der Waals surface area contributed by atoms with E-state index >= 15 is 0 Å². The van der Waals surface area contributed by atoms with E-state index in [0.717, 1.165) is 12.2 Å². The van der Waals surface area contributed by atoms with Crippen LogP contribution in [0.25, 0.3) is 10.2 Å². The summed E-state index contributed by atoms with van der Waals surface area (Å²) in [6.45, 7) is 2.90. The number of non-ortho nitro benzene ring substituents is 1. The van der Waals surface area contributed by atoms with Gasteiger partial charge in [0.25, 0.3) is 5.69 Å².